The number of carbonyl (C=O) groups excluding carboxylic acids is 1. The highest BCUT2D eigenvalue weighted by molar-refractivity contribution is 7.92. The molecule has 0 bridgehead atoms. The lowest BCUT2D eigenvalue weighted by atomic mass is 9.95. The van der Waals surface area contributed by atoms with Gasteiger partial charge in [-0.25, -0.2) is 8.42 Å². The first-order valence-electron chi connectivity index (χ1n) is 8.06. The Morgan fingerprint density at radius 3 is 2.07 bits per heavy atom. The van der Waals surface area contributed by atoms with E-state index in [1.54, 1.807) is 20.8 Å². The molecule has 0 aliphatic rings. The molecular weight excluding hydrogens is 397 g/mol. The summed E-state index contributed by atoms with van der Waals surface area (Å²) in [5.74, 6) is -0.849. The van der Waals surface area contributed by atoms with Crippen molar-refractivity contribution < 1.29 is 31.1 Å². The van der Waals surface area contributed by atoms with Crippen molar-refractivity contribution >= 4 is 27.3 Å². The maximum absolute atomic E-state index is 12.4. The van der Waals surface area contributed by atoms with E-state index in [2.05, 4.69) is 14.8 Å². The highest BCUT2D eigenvalue weighted by Gasteiger charge is 2.31. The van der Waals surface area contributed by atoms with Crippen LogP contribution in [0.2, 0.25) is 0 Å². The van der Waals surface area contributed by atoms with Crippen LogP contribution in [-0.2, 0) is 14.8 Å². The first-order valence-corrected chi connectivity index (χ1v) is 9.55. The van der Waals surface area contributed by atoms with E-state index in [-0.39, 0.29) is 16.5 Å². The molecule has 0 heterocycles. The third kappa shape index (κ3) is 6.15. The Morgan fingerprint density at radius 2 is 1.54 bits per heavy atom. The molecule has 0 fully saturated rings. The van der Waals surface area contributed by atoms with Crippen molar-refractivity contribution in [2.45, 2.75) is 32.0 Å². The number of ether oxygens (including phenoxy) is 1. The van der Waals surface area contributed by atoms with Crippen LogP contribution in [0.4, 0.5) is 24.5 Å². The summed E-state index contributed by atoms with van der Waals surface area (Å²) >= 11 is 0. The fraction of sp³-hybridized carbons (Fsp3) is 0.278. The van der Waals surface area contributed by atoms with Crippen molar-refractivity contribution in [3.8, 4) is 5.75 Å². The van der Waals surface area contributed by atoms with E-state index in [4.69, 9.17) is 0 Å². The Bertz CT molecular complexity index is 950. The highest BCUT2D eigenvalue weighted by Crippen LogP contribution is 2.26. The van der Waals surface area contributed by atoms with Gasteiger partial charge in [-0.3, -0.25) is 9.52 Å². The number of rotatable bonds is 5. The van der Waals surface area contributed by atoms with Crippen molar-refractivity contribution in [3.05, 3.63) is 48.5 Å². The molecule has 0 atom stereocenters. The van der Waals surface area contributed by atoms with E-state index in [0.717, 1.165) is 24.3 Å². The molecule has 0 aromatic heterocycles. The average molecular weight is 416 g/mol. The minimum absolute atomic E-state index is 0.177. The fourth-order valence-corrected chi connectivity index (χ4v) is 3.09. The second-order valence-electron chi connectivity index (χ2n) is 6.91. The van der Waals surface area contributed by atoms with Gasteiger partial charge in [0.05, 0.1) is 4.90 Å². The predicted molar refractivity (Wildman–Crippen MR) is 98.5 cm³/mol. The molecule has 1 amide bonds. The number of alkyl halides is 3. The third-order valence-corrected chi connectivity index (χ3v) is 4.80. The predicted octanol–water partition coefficient (Wildman–Crippen LogP) is 4.37. The minimum Gasteiger partial charge on any atom is -0.406 e. The average Bonchev–Trinajstić information content (AvgIpc) is 2.54. The molecule has 0 saturated heterocycles. The first-order chi connectivity index (χ1) is 12.8. The number of sulfonamides is 1. The molecule has 0 saturated carbocycles. The Balaban J connectivity index is 2.14. The Hall–Kier alpha value is -2.75. The van der Waals surface area contributed by atoms with Crippen molar-refractivity contribution in [1.82, 2.24) is 0 Å². The molecule has 0 aliphatic heterocycles. The van der Waals surface area contributed by atoms with Crippen molar-refractivity contribution in [2.75, 3.05) is 10.0 Å². The number of halogens is 3. The van der Waals surface area contributed by atoms with E-state index in [1.165, 1.54) is 24.3 Å². The van der Waals surface area contributed by atoms with Crippen molar-refractivity contribution in [1.29, 1.82) is 0 Å². The molecule has 152 valence electrons. The van der Waals surface area contributed by atoms with Gasteiger partial charge in [0.25, 0.3) is 10.0 Å². The summed E-state index contributed by atoms with van der Waals surface area (Å²) in [6, 6.07) is 9.91. The monoisotopic (exact) mass is 416 g/mol. The number of benzene rings is 2. The summed E-state index contributed by atoms with van der Waals surface area (Å²) in [5.41, 5.74) is 0.0587. The molecule has 2 N–H and O–H groups in total. The van der Waals surface area contributed by atoms with Crippen LogP contribution in [0, 0.1) is 5.41 Å². The summed E-state index contributed by atoms with van der Waals surface area (Å²) in [5, 5.41) is 2.69. The Kier molecular flexibility index (Phi) is 5.93. The number of hydrogen-bond acceptors (Lipinski definition) is 4. The first kappa shape index (κ1) is 21.5. The zero-order chi connectivity index (χ0) is 21.2. The van der Waals surface area contributed by atoms with Crippen LogP contribution in [0.5, 0.6) is 5.75 Å². The van der Waals surface area contributed by atoms with Crippen LogP contribution < -0.4 is 14.8 Å². The fourth-order valence-electron chi connectivity index (χ4n) is 1.99. The van der Waals surface area contributed by atoms with Gasteiger partial charge in [-0.05, 0) is 36.4 Å². The van der Waals surface area contributed by atoms with E-state index in [0.29, 0.717) is 5.69 Å². The van der Waals surface area contributed by atoms with Crippen molar-refractivity contribution in [3.63, 3.8) is 0 Å². The summed E-state index contributed by atoms with van der Waals surface area (Å²) in [6.45, 7) is 5.25. The van der Waals surface area contributed by atoms with Gasteiger partial charge in [-0.15, -0.1) is 13.2 Å². The van der Waals surface area contributed by atoms with E-state index < -0.39 is 27.6 Å². The molecule has 10 heteroatoms. The maximum Gasteiger partial charge on any atom is 0.573 e. The molecular formula is C18H19F3N2O4S. The number of amides is 1. The van der Waals surface area contributed by atoms with Gasteiger partial charge in [-0.1, -0.05) is 26.8 Å². The summed E-state index contributed by atoms with van der Waals surface area (Å²) < 4.78 is 67.7. The molecule has 0 unspecified atom stereocenters. The van der Waals surface area contributed by atoms with Crippen molar-refractivity contribution in [2.24, 2.45) is 5.41 Å². The normalized spacial score (nSPS) is 12.4. The van der Waals surface area contributed by atoms with Gasteiger partial charge in [0.2, 0.25) is 5.91 Å². The number of hydrogen-bond donors (Lipinski definition) is 2. The van der Waals surface area contributed by atoms with Crippen LogP contribution in [0.25, 0.3) is 0 Å². The summed E-state index contributed by atoms with van der Waals surface area (Å²) in [6.07, 6.45) is -4.93. The summed E-state index contributed by atoms with van der Waals surface area (Å²) in [4.78, 5) is 11.6. The minimum atomic E-state index is -4.93. The second-order valence-corrected chi connectivity index (χ2v) is 8.59. The Labute approximate surface area is 160 Å². The van der Waals surface area contributed by atoms with Gasteiger partial charge in [0, 0.05) is 22.9 Å². The van der Waals surface area contributed by atoms with Gasteiger partial charge in [0.1, 0.15) is 5.75 Å². The summed E-state index contributed by atoms with van der Waals surface area (Å²) in [7, 11) is -4.14. The molecule has 28 heavy (non-hydrogen) atoms. The van der Waals surface area contributed by atoms with Gasteiger partial charge in [-0.2, -0.15) is 0 Å². The van der Waals surface area contributed by atoms with Crippen LogP contribution in [0.15, 0.2) is 53.4 Å². The number of anilines is 2. The zero-order valence-electron chi connectivity index (χ0n) is 15.3. The largest absolute Gasteiger partial charge is 0.573 e. The molecule has 0 radical (unpaired) electrons. The van der Waals surface area contributed by atoms with E-state index in [9.17, 15) is 26.4 Å². The van der Waals surface area contributed by atoms with Gasteiger partial charge in [0.15, 0.2) is 0 Å². The van der Waals surface area contributed by atoms with E-state index >= 15 is 0 Å². The van der Waals surface area contributed by atoms with Crippen LogP contribution >= 0.6 is 0 Å². The van der Waals surface area contributed by atoms with Gasteiger partial charge >= 0.3 is 6.36 Å². The molecule has 6 nitrogen and oxygen atoms in total. The zero-order valence-corrected chi connectivity index (χ0v) is 16.1. The quantitative estimate of drug-likeness (QED) is 0.758. The maximum atomic E-state index is 12.4. The number of nitrogens with one attached hydrogen (secondary N) is 2. The molecule has 0 spiro atoms. The standard InChI is InChI=1S/C18H19F3N2O4S/c1-17(2,3)16(24)22-12-7-9-13(10-8-12)23-28(25,26)15-6-4-5-14(11-15)27-18(19,20)21/h4-11,23H,1-3H3,(H,22,24). The van der Waals surface area contributed by atoms with Crippen LogP contribution in [-0.4, -0.2) is 20.7 Å². The third-order valence-electron chi connectivity index (χ3n) is 3.43. The molecule has 2 rings (SSSR count). The lowest BCUT2D eigenvalue weighted by molar-refractivity contribution is -0.274. The van der Waals surface area contributed by atoms with Gasteiger partial charge < -0.3 is 10.1 Å². The highest BCUT2D eigenvalue weighted by atomic mass is 32.2. The molecule has 2 aromatic carbocycles. The lowest BCUT2D eigenvalue weighted by Crippen LogP contribution is -2.27. The molecule has 2 aromatic rings. The van der Waals surface area contributed by atoms with Crippen LogP contribution in [0.3, 0.4) is 0 Å². The van der Waals surface area contributed by atoms with Crippen LogP contribution in [0.1, 0.15) is 20.8 Å². The SMILES string of the molecule is CC(C)(C)C(=O)Nc1ccc(NS(=O)(=O)c2cccc(OC(F)(F)F)c2)cc1. The smallest absolute Gasteiger partial charge is 0.406 e. The Morgan fingerprint density at radius 1 is 0.964 bits per heavy atom. The molecule has 0 aliphatic carbocycles. The number of carbonyl (C=O) groups is 1. The lowest BCUT2D eigenvalue weighted by Gasteiger charge is -2.18. The second kappa shape index (κ2) is 7.70. The van der Waals surface area contributed by atoms with E-state index in [1.807, 2.05) is 0 Å². The topological polar surface area (TPSA) is 84.5 Å².